The third-order valence-electron chi connectivity index (χ3n) is 2.18. The summed E-state index contributed by atoms with van der Waals surface area (Å²) in [6.45, 7) is 1.29. The molecular formula is C8H7N5O4. The van der Waals surface area contributed by atoms with Crippen LogP contribution in [0.1, 0.15) is 11.1 Å². The van der Waals surface area contributed by atoms with E-state index in [-0.39, 0.29) is 23.4 Å². The molecule has 0 saturated heterocycles. The van der Waals surface area contributed by atoms with Gasteiger partial charge in [-0.1, -0.05) is 5.11 Å². The van der Waals surface area contributed by atoms with Gasteiger partial charge in [0.2, 0.25) is 0 Å². The van der Waals surface area contributed by atoms with Crippen LogP contribution in [0.3, 0.4) is 0 Å². The smallest absolute Gasteiger partial charge is 0.258 e. The zero-order chi connectivity index (χ0) is 13.0. The van der Waals surface area contributed by atoms with Crippen molar-refractivity contribution in [3.05, 3.63) is 53.9 Å². The molecule has 1 aromatic carbocycles. The second-order valence-corrected chi connectivity index (χ2v) is 3.15. The molecule has 9 nitrogen and oxygen atoms in total. The first-order valence-corrected chi connectivity index (χ1v) is 4.40. The topological polar surface area (TPSA) is 135 Å². The van der Waals surface area contributed by atoms with Gasteiger partial charge in [-0.2, -0.15) is 0 Å². The monoisotopic (exact) mass is 237 g/mol. The van der Waals surface area contributed by atoms with Gasteiger partial charge in [0.25, 0.3) is 11.4 Å². The molecule has 17 heavy (non-hydrogen) atoms. The summed E-state index contributed by atoms with van der Waals surface area (Å²) in [6, 6.07) is 2.05. The predicted octanol–water partition coefficient (Wildman–Crippen LogP) is 2.62. The van der Waals surface area contributed by atoms with Gasteiger partial charge >= 0.3 is 0 Å². The van der Waals surface area contributed by atoms with E-state index in [1.807, 2.05) is 0 Å². The molecule has 0 unspecified atom stereocenters. The minimum atomic E-state index is -0.730. The van der Waals surface area contributed by atoms with Gasteiger partial charge in [-0.25, -0.2) is 0 Å². The van der Waals surface area contributed by atoms with Crippen LogP contribution in [-0.4, -0.2) is 9.85 Å². The Morgan fingerprint density at radius 2 is 2.00 bits per heavy atom. The first-order valence-electron chi connectivity index (χ1n) is 4.40. The summed E-state index contributed by atoms with van der Waals surface area (Å²) in [5, 5.41) is 24.5. The maximum Gasteiger partial charge on any atom is 0.279 e. The van der Waals surface area contributed by atoms with Crippen LogP contribution in [0.2, 0.25) is 0 Å². The third-order valence-corrected chi connectivity index (χ3v) is 2.18. The predicted molar refractivity (Wildman–Crippen MR) is 57.3 cm³/mol. The summed E-state index contributed by atoms with van der Waals surface area (Å²) in [5.41, 5.74) is 7.93. The first kappa shape index (κ1) is 12.4. The average molecular weight is 237 g/mol. The lowest BCUT2D eigenvalue weighted by atomic mass is 10.1. The molecule has 0 aliphatic carbocycles. The van der Waals surface area contributed by atoms with Crippen molar-refractivity contribution in [1.82, 2.24) is 0 Å². The van der Waals surface area contributed by atoms with Crippen LogP contribution in [0.25, 0.3) is 10.4 Å². The molecule has 1 rings (SSSR count). The molecule has 0 aliphatic heterocycles. The van der Waals surface area contributed by atoms with Crippen molar-refractivity contribution in [3.63, 3.8) is 0 Å². The lowest BCUT2D eigenvalue weighted by Crippen LogP contribution is -1.99. The number of rotatable bonds is 4. The van der Waals surface area contributed by atoms with Gasteiger partial charge in [0.05, 0.1) is 22.5 Å². The Balaban J connectivity index is 3.42. The largest absolute Gasteiger partial charge is 0.279 e. The maximum absolute atomic E-state index is 10.7. The summed E-state index contributed by atoms with van der Waals surface area (Å²) < 4.78 is 0. The van der Waals surface area contributed by atoms with Crippen LogP contribution in [0, 0.1) is 27.2 Å². The summed E-state index contributed by atoms with van der Waals surface area (Å²) in [4.78, 5) is 22.4. The van der Waals surface area contributed by atoms with Crippen molar-refractivity contribution in [3.8, 4) is 0 Å². The van der Waals surface area contributed by atoms with Gasteiger partial charge in [0, 0.05) is 16.5 Å². The summed E-state index contributed by atoms with van der Waals surface area (Å²) in [7, 11) is 0. The molecule has 1 aromatic rings. The van der Waals surface area contributed by atoms with Crippen molar-refractivity contribution in [1.29, 1.82) is 0 Å². The zero-order valence-electron chi connectivity index (χ0n) is 8.73. The van der Waals surface area contributed by atoms with Gasteiger partial charge in [-0.05, 0) is 18.0 Å². The van der Waals surface area contributed by atoms with E-state index in [4.69, 9.17) is 5.53 Å². The minimum absolute atomic E-state index is 0.162. The van der Waals surface area contributed by atoms with E-state index >= 15 is 0 Å². The lowest BCUT2D eigenvalue weighted by molar-refractivity contribution is -0.394. The van der Waals surface area contributed by atoms with Gasteiger partial charge in [-0.3, -0.25) is 20.2 Å². The van der Waals surface area contributed by atoms with E-state index in [0.717, 1.165) is 12.1 Å². The Bertz CT molecular complexity index is 535. The molecule has 88 valence electrons. The first-order chi connectivity index (χ1) is 7.97. The van der Waals surface area contributed by atoms with E-state index in [0.29, 0.717) is 0 Å². The highest BCUT2D eigenvalue weighted by molar-refractivity contribution is 5.53. The Morgan fingerprint density at radius 1 is 1.35 bits per heavy atom. The van der Waals surface area contributed by atoms with Crippen molar-refractivity contribution < 1.29 is 9.85 Å². The van der Waals surface area contributed by atoms with Crippen molar-refractivity contribution in [2.75, 3.05) is 0 Å². The maximum atomic E-state index is 10.7. The highest BCUT2D eigenvalue weighted by Crippen LogP contribution is 2.28. The molecule has 0 saturated carbocycles. The molecule has 0 bridgehead atoms. The normalized spacial score (nSPS) is 9.47. The second kappa shape index (κ2) is 4.90. The molecule has 9 heteroatoms. The molecule has 0 amide bonds. The number of nitrogens with zero attached hydrogens (tertiary/aromatic N) is 5. The fourth-order valence-corrected chi connectivity index (χ4v) is 1.31. The number of hydrogen-bond acceptors (Lipinski definition) is 5. The molecule has 0 N–H and O–H groups in total. The summed E-state index contributed by atoms with van der Waals surface area (Å²) in [5.74, 6) is 0. The van der Waals surface area contributed by atoms with E-state index < -0.39 is 15.5 Å². The highest BCUT2D eigenvalue weighted by atomic mass is 16.6. The number of azide groups is 1. The van der Waals surface area contributed by atoms with Crippen LogP contribution in [0.15, 0.2) is 17.2 Å². The van der Waals surface area contributed by atoms with Crippen molar-refractivity contribution >= 4 is 11.4 Å². The van der Waals surface area contributed by atoms with E-state index in [1.54, 1.807) is 0 Å². The van der Waals surface area contributed by atoms with Crippen LogP contribution in [0.5, 0.6) is 0 Å². The molecule has 0 fully saturated rings. The number of nitro groups is 2. The third kappa shape index (κ3) is 2.67. The van der Waals surface area contributed by atoms with Crippen LogP contribution < -0.4 is 0 Å². The number of hydrogen-bond donors (Lipinski definition) is 0. The van der Waals surface area contributed by atoms with Crippen LogP contribution >= 0.6 is 0 Å². The Hall–Kier alpha value is -2.67. The molecule has 0 atom stereocenters. The average Bonchev–Trinajstić information content (AvgIpc) is 2.26. The van der Waals surface area contributed by atoms with Gasteiger partial charge < -0.3 is 0 Å². The minimum Gasteiger partial charge on any atom is -0.258 e. The van der Waals surface area contributed by atoms with Crippen molar-refractivity contribution in [2.45, 2.75) is 13.5 Å². The molecule has 0 aromatic heterocycles. The van der Waals surface area contributed by atoms with Crippen molar-refractivity contribution in [2.24, 2.45) is 5.11 Å². The fourth-order valence-electron chi connectivity index (χ4n) is 1.31. The Morgan fingerprint density at radius 3 is 2.47 bits per heavy atom. The second-order valence-electron chi connectivity index (χ2n) is 3.15. The van der Waals surface area contributed by atoms with Crippen LogP contribution in [-0.2, 0) is 6.54 Å². The van der Waals surface area contributed by atoms with Gasteiger partial charge in [0.15, 0.2) is 0 Å². The quantitative estimate of drug-likeness (QED) is 0.261. The molecule has 0 aliphatic rings. The van der Waals surface area contributed by atoms with Gasteiger partial charge in [0.1, 0.15) is 0 Å². The number of nitro benzene ring substituents is 2. The number of non-ortho nitro benzene ring substituents is 1. The standard InChI is InChI=1S/C8H7N5O4/c1-5-6(4-10-11-9)2-7(12(14)15)3-8(5)13(16)17/h2-3H,4H2,1H3. The molecule has 0 radical (unpaired) electrons. The lowest BCUT2D eigenvalue weighted by Gasteiger charge is -2.03. The van der Waals surface area contributed by atoms with E-state index in [1.165, 1.54) is 6.92 Å². The molecule has 0 spiro atoms. The highest BCUT2D eigenvalue weighted by Gasteiger charge is 2.20. The van der Waals surface area contributed by atoms with E-state index in [9.17, 15) is 20.2 Å². The summed E-state index contributed by atoms with van der Waals surface area (Å²) in [6.07, 6.45) is 0. The number of benzene rings is 1. The Labute approximate surface area is 94.6 Å². The summed E-state index contributed by atoms with van der Waals surface area (Å²) >= 11 is 0. The molecular weight excluding hydrogens is 230 g/mol. The molecule has 0 heterocycles. The van der Waals surface area contributed by atoms with Gasteiger partial charge in [-0.15, -0.1) is 0 Å². The fraction of sp³-hybridized carbons (Fsp3) is 0.250. The zero-order valence-corrected chi connectivity index (χ0v) is 8.73. The van der Waals surface area contributed by atoms with E-state index in [2.05, 4.69) is 10.0 Å². The SMILES string of the molecule is Cc1c(CN=[N+]=[N-])cc([N+](=O)[O-])cc1[N+](=O)[O-]. The Kier molecular flexibility index (Phi) is 3.58. The van der Waals surface area contributed by atoms with Crippen LogP contribution in [0.4, 0.5) is 11.4 Å².